The summed E-state index contributed by atoms with van der Waals surface area (Å²) in [4.78, 5) is 27.1. The molecule has 2 aromatic rings. The van der Waals surface area contributed by atoms with E-state index in [9.17, 15) is 9.59 Å². The molecule has 5 heteroatoms. The number of hydrogen-bond acceptors (Lipinski definition) is 3. The highest BCUT2D eigenvalue weighted by molar-refractivity contribution is 7.99. The quantitative estimate of drug-likeness (QED) is 0.662. The number of nitrogens with zero attached hydrogens (tertiary/aromatic N) is 1. The molecule has 0 spiro atoms. The summed E-state index contributed by atoms with van der Waals surface area (Å²) in [7, 11) is 1.62. The van der Waals surface area contributed by atoms with Crippen LogP contribution in [0.15, 0.2) is 54.6 Å². The molecule has 28 heavy (non-hydrogen) atoms. The normalized spacial score (nSPS) is 11.7. The fraction of sp³-hybridized carbons (Fsp3) is 0.391. The molecule has 0 aliphatic carbocycles. The molecule has 0 aliphatic rings. The van der Waals surface area contributed by atoms with E-state index in [2.05, 4.69) is 36.5 Å². The van der Waals surface area contributed by atoms with Crippen molar-refractivity contribution in [1.29, 1.82) is 0 Å². The van der Waals surface area contributed by atoms with Crippen molar-refractivity contribution >= 4 is 23.6 Å². The minimum Gasteiger partial charge on any atom is -0.357 e. The number of amides is 2. The molecule has 2 rings (SSSR count). The number of thioether (sulfide) groups is 1. The zero-order valence-electron chi connectivity index (χ0n) is 17.0. The lowest BCUT2D eigenvalue weighted by atomic mass is 10.1. The zero-order chi connectivity index (χ0) is 20.4. The Balaban J connectivity index is 2.02. The zero-order valence-corrected chi connectivity index (χ0v) is 17.8. The fourth-order valence-corrected chi connectivity index (χ4v) is 4.15. The lowest BCUT2D eigenvalue weighted by molar-refractivity contribution is -0.138. The third-order valence-corrected chi connectivity index (χ3v) is 5.83. The second-order valence-electron chi connectivity index (χ2n) is 6.78. The average molecular weight is 399 g/mol. The molecule has 0 aliphatic heterocycles. The van der Waals surface area contributed by atoms with Gasteiger partial charge < -0.3 is 10.2 Å². The summed E-state index contributed by atoms with van der Waals surface area (Å²) < 4.78 is 0. The van der Waals surface area contributed by atoms with E-state index >= 15 is 0 Å². The van der Waals surface area contributed by atoms with Crippen LogP contribution < -0.4 is 5.32 Å². The Labute approximate surface area is 172 Å². The number of benzene rings is 2. The topological polar surface area (TPSA) is 49.4 Å². The molecule has 0 saturated carbocycles. The molecular weight excluding hydrogens is 368 g/mol. The van der Waals surface area contributed by atoms with Gasteiger partial charge in [0.25, 0.3) is 0 Å². The van der Waals surface area contributed by atoms with Crippen molar-refractivity contribution in [1.82, 2.24) is 10.2 Å². The Kier molecular flexibility index (Phi) is 9.08. The van der Waals surface area contributed by atoms with Crippen LogP contribution in [0.25, 0.3) is 0 Å². The minimum atomic E-state index is -0.430. The van der Waals surface area contributed by atoms with Crippen molar-refractivity contribution in [2.75, 3.05) is 19.3 Å². The van der Waals surface area contributed by atoms with Crippen LogP contribution in [0, 0.1) is 6.92 Å². The SMILES string of the molecule is CC[C@H](C(=O)NC)N(CCc1ccccc1)C(=O)CSCc1ccccc1C. The van der Waals surface area contributed by atoms with Crippen LogP contribution in [0.2, 0.25) is 0 Å². The van der Waals surface area contributed by atoms with Crippen LogP contribution >= 0.6 is 11.8 Å². The molecule has 0 aromatic heterocycles. The summed E-state index contributed by atoms with van der Waals surface area (Å²) in [5.41, 5.74) is 3.65. The predicted molar refractivity (Wildman–Crippen MR) is 117 cm³/mol. The molecule has 4 nitrogen and oxygen atoms in total. The molecule has 150 valence electrons. The van der Waals surface area contributed by atoms with Crippen molar-refractivity contribution < 1.29 is 9.59 Å². The maximum atomic E-state index is 13.0. The van der Waals surface area contributed by atoms with Gasteiger partial charge in [-0.25, -0.2) is 0 Å². The number of likely N-dealkylation sites (N-methyl/N-ethyl adjacent to an activating group) is 1. The van der Waals surface area contributed by atoms with E-state index < -0.39 is 6.04 Å². The van der Waals surface area contributed by atoms with Crippen LogP contribution in [0.1, 0.15) is 30.0 Å². The van der Waals surface area contributed by atoms with Gasteiger partial charge in [-0.2, -0.15) is 0 Å². The second kappa shape index (κ2) is 11.5. The molecule has 0 unspecified atom stereocenters. The summed E-state index contributed by atoms with van der Waals surface area (Å²) in [6, 6.07) is 17.9. The number of carbonyl (C=O) groups excluding carboxylic acids is 2. The molecule has 0 saturated heterocycles. The summed E-state index contributed by atoms with van der Waals surface area (Å²) in [6.45, 7) is 4.57. The van der Waals surface area contributed by atoms with Crippen LogP contribution in [-0.4, -0.2) is 42.1 Å². The van der Waals surface area contributed by atoms with Gasteiger partial charge in [-0.3, -0.25) is 9.59 Å². The third kappa shape index (κ3) is 6.41. The summed E-state index contributed by atoms with van der Waals surface area (Å²) in [5.74, 6) is 1.08. The Morgan fingerprint density at radius 1 is 1.07 bits per heavy atom. The van der Waals surface area contributed by atoms with E-state index in [1.54, 1.807) is 23.7 Å². The van der Waals surface area contributed by atoms with E-state index in [-0.39, 0.29) is 11.8 Å². The molecule has 2 amide bonds. The number of hydrogen-bond donors (Lipinski definition) is 1. The van der Waals surface area contributed by atoms with Gasteiger partial charge in [-0.15, -0.1) is 11.8 Å². The minimum absolute atomic E-state index is 0.0185. The predicted octanol–water partition coefficient (Wildman–Crippen LogP) is 3.82. The van der Waals surface area contributed by atoms with Crippen molar-refractivity contribution in [2.45, 2.75) is 38.5 Å². The van der Waals surface area contributed by atoms with E-state index in [1.807, 2.05) is 37.3 Å². The second-order valence-corrected chi connectivity index (χ2v) is 7.77. The van der Waals surface area contributed by atoms with Gasteiger partial charge in [0, 0.05) is 19.3 Å². The van der Waals surface area contributed by atoms with Crippen LogP contribution in [0.5, 0.6) is 0 Å². The van der Waals surface area contributed by atoms with Crippen LogP contribution in [0.4, 0.5) is 0 Å². The van der Waals surface area contributed by atoms with Gasteiger partial charge >= 0.3 is 0 Å². The highest BCUT2D eigenvalue weighted by atomic mass is 32.2. The smallest absolute Gasteiger partial charge is 0.242 e. The first-order chi connectivity index (χ1) is 13.6. The maximum absolute atomic E-state index is 13.0. The molecule has 0 bridgehead atoms. The van der Waals surface area contributed by atoms with Gasteiger partial charge in [-0.1, -0.05) is 61.5 Å². The summed E-state index contributed by atoms with van der Waals surface area (Å²) >= 11 is 1.60. The maximum Gasteiger partial charge on any atom is 0.242 e. The third-order valence-electron chi connectivity index (χ3n) is 4.86. The first kappa shape index (κ1) is 22.0. The Hall–Kier alpha value is -2.27. The molecular formula is C23H30N2O2S. The van der Waals surface area contributed by atoms with Gasteiger partial charge in [0.2, 0.25) is 11.8 Å². The lowest BCUT2D eigenvalue weighted by Crippen LogP contribution is -2.50. The van der Waals surface area contributed by atoms with Crippen molar-refractivity contribution in [3.63, 3.8) is 0 Å². The Bertz CT molecular complexity index is 764. The number of aryl methyl sites for hydroxylation is 1. The molecule has 1 N–H and O–H groups in total. The molecule has 1 atom stereocenters. The Morgan fingerprint density at radius 3 is 2.39 bits per heavy atom. The molecule has 0 heterocycles. The van der Waals surface area contributed by atoms with Gasteiger partial charge in [-0.05, 0) is 36.5 Å². The van der Waals surface area contributed by atoms with E-state index in [4.69, 9.17) is 0 Å². The summed E-state index contributed by atoms with van der Waals surface area (Å²) in [6.07, 6.45) is 1.34. The molecule has 0 fully saturated rings. The lowest BCUT2D eigenvalue weighted by Gasteiger charge is -2.30. The first-order valence-electron chi connectivity index (χ1n) is 9.74. The first-order valence-corrected chi connectivity index (χ1v) is 10.9. The van der Waals surface area contributed by atoms with Crippen molar-refractivity contribution in [2.24, 2.45) is 0 Å². The van der Waals surface area contributed by atoms with Gasteiger partial charge in [0.1, 0.15) is 6.04 Å². The number of nitrogens with one attached hydrogen (secondary N) is 1. The standard InChI is InChI=1S/C23H30N2O2S/c1-4-21(23(27)24-3)25(15-14-19-11-6-5-7-12-19)22(26)17-28-16-20-13-9-8-10-18(20)2/h5-13,21H,4,14-17H2,1-3H3,(H,24,27)/t21-/m1/s1. The van der Waals surface area contributed by atoms with Crippen molar-refractivity contribution in [3.8, 4) is 0 Å². The van der Waals surface area contributed by atoms with Crippen molar-refractivity contribution in [3.05, 3.63) is 71.3 Å². The van der Waals surface area contributed by atoms with Crippen LogP contribution in [-0.2, 0) is 21.8 Å². The number of rotatable bonds is 10. The molecule has 0 radical (unpaired) electrons. The fourth-order valence-electron chi connectivity index (χ4n) is 3.17. The van der Waals surface area contributed by atoms with E-state index in [0.29, 0.717) is 18.7 Å². The van der Waals surface area contributed by atoms with E-state index in [1.165, 1.54) is 16.7 Å². The highest BCUT2D eigenvalue weighted by Gasteiger charge is 2.27. The summed E-state index contributed by atoms with van der Waals surface area (Å²) in [5, 5.41) is 2.70. The monoisotopic (exact) mass is 398 g/mol. The number of carbonyl (C=O) groups is 2. The van der Waals surface area contributed by atoms with Crippen LogP contribution in [0.3, 0.4) is 0 Å². The van der Waals surface area contributed by atoms with Gasteiger partial charge in [0.05, 0.1) is 5.75 Å². The van der Waals surface area contributed by atoms with Gasteiger partial charge in [0.15, 0.2) is 0 Å². The average Bonchev–Trinajstić information content (AvgIpc) is 2.72. The largest absolute Gasteiger partial charge is 0.357 e. The highest BCUT2D eigenvalue weighted by Crippen LogP contribution is 2.18. The molecule has 2 aromatic carbocycles. The Morgan fingerprint density at radius 2 is 1.75 bits per heavy atom. The van der Waals surface area contributed by atoms with E-state index in [0.717, 1.165) is 12.2 Å².